The van der Waals surface area contributed by atoms with Crippen LogP contribution >= 0.6 is 0 Å². The zero-order valence-electron chi connectivity index (χ0n) is 29.2. The molecule has 1 unspecified atom stereocenters. The Morgan fingerprint density at radius 1 is 0.481 bits per heavy atom. The summed E-state index contributed by atoms with van der Waals surface area (Å²) in [4.78, 5) is 4.66. The molecule has 7 aromatic carbocycles. The fourth-order valence-corrected chi connectivity index (χ4v) is 9.28. The van der Waals surface area contributed by atoms with Gasteiger partial charge in [0.1, 0.15) is 0 Å². The lowest BCUT2D eigenvalue weighted by atomic mass is 9.90. The van der Waals surface area contributed by atoms with Crippen molar-refractivity contribution in [2.75, 3.05) is 0 Å². The summed E-state index contributed by atoms with van der Waals surface area (Å²) in [5.41, 5.74) is 15.9. The number of allylic oxidation sites excluding steroid dienone is 2. The van der Waals surface area contributed by atoms with E-state index >= 15 is 0 Å². The minimum absolute atomic E-state index is 0.00292. The van der Waals surface area contributed by atoms with Gasteiger partial charge in [-0.3, -0.25) is 4.98 Å². The fourth-order valence-electron chi connectivity index (χ4n) is 9.28. The Morgan fingerprint density at radius 2 is 1.09 bits per heavy atom. The number of nitrogens with one attached hydrogen (secondary N) is 1. The number of rotatable bonds is 4. The van der Waals surface area contributed by atoms with Crippen molar-refractivity contribution in [2.45, 2.75) is 6.04 Å². The molecule has 0 saturated carbocycles. The van der Waals surface area contributed by atoms with Crippen molar-refractivity contribution < 1.29 is 0 Å². The average Bonchev–Trinajstić information content (AvgIpc) is 3.87. The van der Waals surface area contributed by atoms with Crippen molar-refractivity contribution >= 4 is 65.5 Å². The minimum Gasteiger partial charge on any atom is -0.380 e. The van der Waals surface area contributed by atoms with Gasteiger partial charge in [-0.25, -0.2) is 0 Å². The molecule has 1 aliphatic carbocycles. The van der Waals surface area contributed by atoms with Crippen molar-refractivity contribution in [2.24, 2.45) is 0 Å². The lowest BCUT2D eigenvalue weighted by Crippen LogP contribution is -2.19. The molecule has 3 aromatic heterocycles. The van der Waals surface area contributed by atoms with Gasteiger partial charge in [0, 0.05) is 61.6 Å². The summed E-state index contributed by atoms with van der Waals surface area (Å²) in [6.45, 7) is 0. The van der Waals surface area contributed by atoms with E-state index in [1.165, 1.54) is 99.0 Å². The Balaban J connectivity index is 1.06. The van der Waals surface area contributed by atoms with E-state index in [1.807, 2.05) is 12.4 Å². The van der Waals surface area contributed by atoms with Gasteiger partial charge in [0.2, 0.25) is 0 Å². The molecule has 0 saturated heterocycles. The molecular formula is C50H32N4. The molecule has 4 heterocycles. The molecule has 2 aliphatic rings. The number of nitrogens with zero attached hydrogens (tertiary/aromatic N) is 3. The first-order chi connectivity index (χ1) is 26.8. The topological polar surface area (TPSA) is 34.8 Å². The third kappa shape index (κ3) is 4.11. The molecule has 0 spiro atoms. The second-order valence-corrected chi connectivity index (χ2v) is 14.5. The molecule has 1 N–H and O–H groups in total. The zero-order valence-corrected chi connectivity index (χ0v) is 29.2. The van der Waals surface area contributed by atoms with Crippen LogP contribution in [-0.2, 0) is 0 Å². The maximum absolute atomic E-state index is 4.66. The van der Waals surface area contributed by atoms with Crippen molar-refractivity contribution in [1.29, 1.82) is 0 Å². The summed E-state index contributed by atoms with van der Waals surface area (Å²) in [6.07, 6.45) is 8.36. The molecule has 252 valence electrons. The standard InChI is InChI=1S/C50H32N4/c1-3-11-35(12-4-1)53-44-17-8-7-15-37(44)40-26-31(18-21-45(40)53)32-19-22-46-41(27-32)42-28-33(20-23-47(42)54(46)36-13-5-2-6-14-36)50-49-39(24-25-52-50)38-16-9-10-34-29-51-30-43(49)48(34)38/h1-30,50,52H. The largest absolute Gasteiger partial charge is 0.380 e. The van der Waals surface area contributed by atoms with Gasteiger partial charge in [-0.05, 0) is 112 Å². The van der Waals surface area contributed by atoms with Crippen LogP contribution in [0.1, 0.15) is 22.7 Å². The number of hydrogen-bond donors (Lipinski definition) is 1. The molecule has 1 aliphatic heterocycles. The maximum Gasteiger partial charge on any atom is 0.0775 e. The van der Waals surface area contributed by atoms with Crippen molar-refractivity contribution in [3.8, 4) is 22.5 Å². The van der Waals surface area contributed by atoms with E-state index in [0.717, 1.165) is 5.69 Å². The van der Waals surface area contributed by atoms with Crippen LogP contribution in [0.4, 0.5) is 0 Å². The Bertz CT molecular complexity index is 3230. The van der Waals surface area contributed by atoms with E-state index in [-0.39, 0.29) is 6.04 Å². The Labute approximate surface area is 311 Å². The van der Waals surface area contributed by atoms with Gasteiger partial charge in [-0.1, -0.05) is 91.0 Å². The van der Waals surface area contributed by atoms with Gasteiger partial charge >= 0.3 is 0 Å². The first-order valence-electron chi connectivity index (χ1n) is 18.6. The smallest absolute Gasteiger partial charge is 0.0775 e. The van der Waals surface area contributed by atoms with E-state index in [9.17, 15) is 0 Å². The number of para-hydroxylation sites is 3. The van der Waals surface area contributed by atoms with Crippen LogP contribution in [0.2, 0.25) is 0 Å². The normalized spacial score (nSPS) is 14.9. The van der Waals surface area contributed by atoms with Gasteiger partial charge in [-0.2, -0.15) is 0 Å². The molecule has 4 heteroatoms. The summed E-state index contributed by atoms with van der Waals surface area (Å²) in [7, 11) is 0. The maximum atomic E-state index is 4.66. The molecule has 10 aromatic rings. The van der Waals surface area contributed by atoms with Gasteiger partial charge in [0.15, 0.2) is 0 Å². The van der Waals surface area contributed by atoms with Gasteiger partial charge in [0.05, 0.1) is 28.1 Å². The van der Waals surface area contributed by atoms with E-state index < -0.39 is 0 Å². The lowest BCUT2D eigenvalue weighted by molar-refractivity contribution is 0.770. The first kappa shape index (κ1) is 29.4. The van der Waals surface area contributed by atoms with Crippen LogP contribution in [0.3, 0.4) is 0 Å². The van der Waals surface area contributed by atoms with E-state index in [0.29, 0.717) is 0 Å². The van der Waals surface area contributed by atoms with Crippen molar-refractivity contribution in [1.82, 2.24) is 19.4 Å². The summed E-state index contributed by atoms with van der Waals surface area (Å²) >= 11 is 0. The molecule has 0 fully saturated rings. The van der Waals surface area contributed by atoms with Crippen LogP contribution in [0, 0.1) is 0 Å². The quantitative estimate of drug-likeness (QED) is 0.200. The molecular weight excluding hydrogens is 657 g/mol. The number of hydrogen-bond acceptors (Lipinski definition) is 2. The number of pyridine rings is 1. The van der Waals surface area contributed by atoms with Crippen LogP contribution in [0.25, 0.3) is 88.0 Å². The van der Waals surface area contributed by atoms with Crippen LogP contribution < -0.4 is 5.32 Å². The number of dihydropyridines is 1. The molecule has 54 heavy (non-hydrogen) atoms. The highest BCUT2D eigenvalue weighted by Crippen LogP contribution is 2.49. The molecule has 12 rings (SSSR count). The fraction of sp³-hybridized carbons (Fsp3) is 0.0200. The minimum atomic E-state index is -0.00292. The lowest BCUT2D eigenvalue weighted by Gasteiger charge is -2.25. The predicted octanol–water partition coefficient (Wildman–Crippen LogP) is 12.2. The summed E-state index contributed by atoms with van der Waals surface area (Å²) in [5, 5.41) is 11.2. The molecule has 0 radical (unpaired) electrons. The summed E-state index contributed by atoms with van der Waals surface area (Å²) in [6, 6.07) is 57.6. The molecule has 1 atom stereocenters. The third-order valence-corrected chi connectivity index (χ3v) is 11.6. The number of fused-ring (bicyclic) bond motifs is 8. The predicted molar refractivity (Wildman–Crippen MR) is 224 cm³/mol. The molecule has 0 bridgehead atoms. The second kappa shape index (κ2) is 11.2. The Morgan fingerprint density at radius 3 is 1.81 bits per heavy atom. The van der Waals surface area contributed by atoms with Gasteiger partial charge in [0.25, 0.3) is 0 Å². The highest BCUT2D eigenvalue weighted by molar-refractivity contribution is 6.18. The van der Waals surface area contributed by atoms with E-state index in [1.54, 1.807) is 0 Å². The monoisotopic (exact) mass is 688 g/mol. The Kier molecular flexibility index (Phi) is 6.08. The van der Waals surface area contributed by atoms with Crippen molar-refractivity contribution in [3.05, 3.63) is 199 Å². The molecule has 4 nitrogen and oxygen atoms in total. The zero-order chi connectivity index (χ0) is 35.3. The number of aromatic nitrogens is 3. The molecule has 0 amide bonds. The van der Waals surface area contributed by atoms with Gasteiger partial charge in [-0.15, -0.1) is 0 Å². The SMILES string of the molecule is C1=CC2=C(c3cncc4cccc2c34)C(c2ccc3c(c2)c2cc(-c4ccc5c(c4)c4ccccc4n5-c4ccccc4)ccc2n3-c2ccccc2)N1. The second-order valence-electron chi connectivity index (χ2n) is 14.5. The van der Waals surface area contributed by atoms with Crippen molar-refractivity contribution in [3.63, 3.8) is 0 Å². The Hall–Kier alpha value is -7.17. The summed E-state index contributed by atoms with van der Waals surface area (Å²) < 4.78 is 4.78. The van der Waals surface area contributed by atoms with Gasteiger partial charge < -0.3 is 14.5 Å². The summed E-state index contributed by atoms with van der Waals surface area (Å²) in [5.74, 6) is 0. The average molecular weight is 689 g/mol. The first-order valence-corrected chi connectivity index (χ1v) is 18.6. The van der Waals surface area contributed by atoms with Crippen LogP contribution in [0.5, 0.6) is 0 Å². The van der Waals surface area contributed by atoms with Crippen LogP contribution in [-0.4, -0.2) is 14.1 Å². The van der Waals surface area contributed by atoms with E-state index in [4.69, 9.17) is 0 Å². The third-order valence-electron chi connectivity index (χ3n) is 11.6. The number of benzene rings is 7. The highest BCUT2D eigenvalue weighted by Gasteiger charge is 2.31. The highest BCUT2D eigenvalue weighted by atomic mass is 15.0. The van der Waals surface area contributed by atoms with Crippen LogP contribution in [0.15, 0.2) is 182 Å². The van der Waals surface area contributed by atoms with E-state index in [2.05, 4.69) is 189 Å².